The first-order chi connectivity index (χ1) is 21.2. The topological polar surface area (TPSA) is 47.9 Å². The molecule has 1 aliphatic heterocycles. The Balaban J connectivity index is 1.35. The number of para-hydroxylation sites is 2. The Morgan fingerprint density at radius 2 is 1.16 bits per heavy atom. The van der Waals surface area contributed by atoms with Crippen molar-refractivity contribution in [3.63, 3.8) is 0 Å². The van der Waals surface area contributed by atoms with Crippen molar-refractivity contribution in [3.05, 3.63) is 89.5 Å². The number of ether oxygens (including phenoxy) is 3. The van der Waals surface area contributed by atoms with Crippen molar-refractivity contribution in [2.24, 2.45) is 0 Å². The Morgan fingerprint density at radius 1 is 0.628 bits per heavy atom. The average Bonchev–Trinajstić information content (AvgIpc) is 3.04. The molecule has 0 spiro atoms. The van der Waals surface area contributed by atoms with Gasteiger partial charge < -0.3 is 19.3 Å². The molecule has 1 heterocycles. The minimum Gasteiger partial charge on any atom is -0.490 e. The lowest BCUT2D eigenvalue weighted by Gasteiger charge is -2.40. The Bertz CT molecular complexity index is 1140. The van der Waals surface area contributed by atoms with E-state index in [0.29, 0.717) is 0 Å². The third-order valence-corrected chi connectivity index (χ3v) is 8.72. The summed E-state index contributed by atoms with van der Waals surface area (Å²) in [6.45, 7) is 4.67. The maximum atomic E-state index is 9.76. The van der Waals surface area contributed by atoms with Gasteiger partial charge in [-0.05, 0) is 49.1 Å². The first kappa shape index (κ1) is 33.1. The predicted molar refractivity (Wildman–Crippen MR) is 177 cm³/mol. The van der Waals surface area contributed by atoms with Crippen molar-refractivity contribution >= 4 is 0 Å². The highest BCUT2D eigenvalue weighted by molar-refractivity contribution is 5.61. The molecule has 0 fully saturated rings. The van der Waals surface area contributed by atoms with E-state index in [4.69, 9.17) is 14.2 Å². The number of hydrogen-bond acceptors (Lipinski definition) is 4. The van der Waals surface area contributed by atoms with Crippen molar-refractivity contribution in [2.45, 2.75) is 122 Å². The summed E-state index contributed by atoms with van der Waals surface area (Å²) in [6, 6.07) is 24.4. The fourth-order valence-corrected chi connectivity index (χ4v) is 6.46. The first-order valence-corrected chi connectivity index (χ1v) is 17.1. The second-order valence-electron chi connectivity index (χ2n) is 12.1. The summed E-state index contributed by atoms with van der Waals surface area (Å²) in [5.41, 5.74) is 1.98. The molecular weight excluding hydrogens is 532 g/mol. The Kier molecular flexibility index (Phi) is 13.9. The highest BCUT2D eigenvalue weighted by Gasteiger charge is 2.44. The van der Waals surface area contributed by atoms with Gasteiger partial charge in [0.2, 0.25) is 0 Å². The van der Waals surface area contributed by atoms with Crippen LogP contribution in [-0.2, 0) is 10.3 Å². The molecule has 4 rings (SSSR count). The SMILES string of the molecule is CCCCCCCCCCCCCCC(CCC)Oc1ccc(C2(OCCO)c3ccccc3Oc3ccccc32)cc1. The van der Waals surface area contributed by atoms with E-state index in [0.717, 1.165) is 53.2 Å². The molecule has 0 amide bonds. The number of benzene rings is 3. The second kappa shape index (κ2) is 18.1. The van der Waals surface area contributed by atoms with Crippen LogP contribution in [-0.4, -0.2) is 24.4 Å². The summed E-state index contributed by atoms with van der Waals surface area (Å²) >= 11 is 0. The van der Waals surface area contributed by atoms with Crippen molar-refractivity contribution in [1.29, 1.82) is 0 Å². The van der Waals surface area contributed by atoms with Gasteiger partial charge in [-0.15, -0.1) is 0 Å². The Morgan fingerprint density at radius 3 is 1.70 bits per heavy atom. The van der Waals surface area contributed by atoms with Gasteiger partial charge in [-0.3, -0.25) is 0 Å². The van der Waals surface area contributed by atoms with Crippen LogP contribution in [0.2, 0.25) is 0 Å². The largest absolute Gasteiger partial charge is 0.490 e. The van der Waals surface area contributed by atoms with Gasteiger partial charge in [-0.1, -0.05) is 139 Å². The van der Waals surface area contributed by atoms with Gasteiger partial charge in [-0.2, -0.15) is 0 Å². The number of unbranched alkanes of at least 4 members (excludes halogenated alkanes) is 11. The van der Waals surface area contributed by atoms with Crippen molar-refractivity contribution in [1.82, 2.24) is 0 Å². The standard InChI is InChI=1S/C39H54O4/c1-3-5-6-7-8-9-10-11-12-13-14-15-21-33(20-4-2)42-34-28-26-32(27-29-34)39(41-31-30-40)35-22-16-18-24-37(35)43-38-25-19-17-23-36(38)39/h16-19,22-29,33,40H,3-15,20-21,30-31H2,1-2H3. The summed E-state index contributed by atoms with van der Waals surface area (Å²) < 4.78 is 19.4. The average molecular weight is 587 g/mol. The molecule has 0 saturated carbocycles. The third-order valence-electron chi connectivity index (χ3n) is 8.72. The monoisotopic (exact) mass is 586 g/mol. The smallest absolute Gasteiger partial charge is 0.151 e. The van der Waals surface area contributed by atoms with Crippen LogP contribution < -0.4 is 9.47 Å². The Hall–Kier alpha value is -2.82. The maximum absolute atomic E-state index is 9.76. The molecule has 0 radical (unpaired) electrons. The lowest BCUT2D eigenvalue weighted by atomic mass is 9.77. The van der Waals surface area contributed by atoms with E-state index >= 15 is 0 Å². The van der Waals surface area contributed by atoms with Crippen LogP contribution in [0, 0.1) is 0 Å². The molecule has 3 aromatic rings. The minimum atomic E-state index is -0.884. The lowest BCUT2D eigenvalue weighted by molar-refractivity contribution is -0.0118. The molecule has 1 unspecified atom stereocenters. The van der Waals surface area contributed by atoms with E-state index in [1.807, 2.05) is 36.4 Å². The number of aliphatic hydroxyl groups is 1. The van der Waals surface area contributed by atoms with E-state index in [-0.39, 0.29) is 19.3 Å². The highest BCUT2D eigenvalue weighted by atomic mass is 16.5. The number of fused-ring (bicyclic) bond motifs is 2. The zero-order valence-corrected chi connectivity index (χ0v) is 26.7. The van der Waals surface area contributed by atoms with Crippen LogP contribution in [0.25, 0.3) is 0 Å². The molecule has 0 aliphatic carbocycles. The second-order valence-corrected chi connectivity index (χ2v) is 12.1. The van der Waals surface area contributed by atoms with E-state index < -0.39 is 5.60 Å². The van der Waals surface area contributed by atoms with Gasteiger partial charge in [0.15, 0.2) is 5.60 Å². The molecular formula is C39H54O4. The van der Waals surface area contributed by atoms with Gasteiger partial charge in [0, 0.05) is 11.1 Å². The highest BCUT2D eigenvalue weighted by Crippen LogP contribution is 2.52. The number of rotatable bonds is 21. The van der Waals surface area contributed by atoms with Gasteiger partial charge in [0.25, 0.3) is 0 Å². The lowest BCUT2D eigenvalue weighted by Crippen LogP contribution is -2.36. The molecule has 1 N–H and O–H groups in total. The molecule has 4 nitrogen and oxygen atoms in total. The molecule has 1 atom stereocenters. The third kappa shape index (κ3) is 9.09. The summed E-state index contributed by atoms with van der Waals surface area (Å²) in [6.07, 6.45) is 20.0. The van der Waals surface area contributed by atoms with Crippen molar-refractivity contribution in [3.8, 4) is 17.2 Å². The zero-order valence-electron chi connectivity index (χ0n) is 26.7. The molecule has 43 heavy (non-hydrogen) atoms. The van der Waals surface area contributed by atoms with Gasteiger partial charge in [0.1, 0.15) is 17.2 Å². The zero-order chi connectivity index (χ0) is 30.2. The molecule has 0 aromatic heterocycles. The first-order valence-electron chi connectivity index (χ1n) is 17.1. The van der Waals surface area contributed by atoms with Crippen LogP contribution in [0.5, 0.6) is 17.2 Å². The van der Waals surface area contributed by atoms with E-state index in [1.54, 1.807) is 0 Å². The molecule has 4 heteroatoms. The molecule has 1 aliphatic rings. The number of hydrogen-bond donors (Lipinski definition) is 1. The summed E-state index contributed by atoms with van der Waals surface area (Å²) in [7, 11) is 0. The van der Waals surface area contributed by atoms with Crippen molar-refractivity contribution in [2.75, 3.05) is 13.2 Å². The van der Waals surface area contributed by atoms with Crippen LogP contribution in [0.3, 0.4) is 0 Å². The van der Waals surface area contributed by atoms with E-state index in [9.17, 15) is 5.11 Å². The minimum absolute atomic E-state index is 0.0635. The van der Waals surface area contributed by atoms with Crippen LogP contribution in [0.15, 0.2) is 72.8 Å². The molecule has 0 saturated heterocycles. The normalized spacial score (nSPS) is 14.0. The van der Waals surface area contributed by atoms with Crippen LogP contribution >= 0.6 is 0 Å². The van der Waals surface area contributed by atoms with Crippen LogP contribution in [0.1, 0.15) is 127 Å². The molecule has 0 bridgehead atoms. The van der Waals surface area contributed by atoms with E-state index in [1.165, 1.54) is 77.0 Å². The fraction of sp³-hybridized carbons (Fsp3) is 0.538. The molecule has 3 aromatic carbocycles. The van der Waals surface area contributed by atoms with Gasteiger partial charge in [-0.25, -0.2) is 0 Å². The Labute approximate surface area is 260 Å². The summed E-state index contributed by atoms with van der Waals surface area (Å²) in [5, 5.41) is 9.76. The number of aliphatic hydroxyl groups excluding tert-OH is 1. The molecule has 234 valence electrons. The van der Waals surface area contributed by atoms with Gasteiger partial charge in [0.05, 0.1) is 19.3 Å². The summed E-state index contributed by atoms with van der Waals surface area (Å²) in [4.78, 5) is 0. The quantitative estimate of drug-likeness (QED) is 0.126. The maximum Gasteiger partial charge on any atom is 0.151 e. The van der Waals surface area contributed by atoms with Gasteiger partial charge >= 0.3 is 0 Å². The van der Waals surface area contributed by atoms with E-state index in [2.05, 4.69) is 50.2 Å². The summed E-state index contributed by atoms with van der Waals surface area (Å²) in [5.74, 6) is 2.43. The fourth-order valence-electron chi connectivity index (χ4n) is 6.46. The predicted octanol–water partition coefficient (Wildman–Crippen LogP) is 10.7. The van der Waals surface area contributed by atoms with Crippen molar-refractivity contribution < 1.29 is 19.3 Å². The van der Waals surface area contributed by atoms with Crippen LogP contribution in [0.4, 0.5) is 0 Å².